The number of aromatic nitrogens is 1. The topological polar surface area (TPSA) is 24.9 Å². The Bertz CT molecular complexity index is 509. The Morgan fingerprint density at radius 3 is 2.32 bits per heavy atom. The van der Waals surface area contributed by atoms with Crippen molar-refractivity contribution in [1.82, 2.24) is 10.3 Å². The molecule has 0 aliphatic carbocycles. The third kappa shape index (κ3) is 2.74. The summed E-state index contributed by atoms with van der Waals surface area (Å²) in [6.07, 6.45) is 4.10. The molecule has 19 heavy (non-hydrogen) atoms. The largest absolute Gasteiger partial charge is 0.316 e. The molecule has 96 valence electrons. The summed E-state index contributed by atoms with van der Waals surface area (Å²) in [6, 6.07) is 16.8. The Hall–Kier alpha value is -1.93. The van der Waals surface area contributed by atoms with Gasteiger partial charge in [0.15, 0.2) is 0 Å². The molecule has 2 heterocycles. The molecular weight excluding hydrogens is 232 g/mol. The summed E-state index contributed by atoms with van der Waals surface area (Å²) >= 11 is 0. The molecule has 1 N–H and O–H groups in total. The van der Waals surface area contributed by atoms with E-state index >= 15 is 0 Å². The molecule has 1 saturated heterocycles. The minimum Gasteiger partial charge on any atom is -0.316 e. The Balaban J connectivity index is 2.11. The molecule has 1 aliphatic rings. The first-order valence-corrected chi connectivity index (χ1v) is 6.85. The van der Waals surface area contributed by atoms with Crippen LogP contribution < -0.4 is 5.32 Å². The van der Waals surface area contributed by atoms with E-state index in [0.29, 0.717) is 0 Å². The summed E-state index contributed by atoms with van der Waals surface area (Å²) in [5, 5.41) is 3.42. The van der Waals surface area contributed by atoms with Gasteiger partial charge in [0.25, 0.3) is 0 Å². The zero-order valence-electron chi connectivity index (χ0n) is 11.0. The maximum absolute atomic E-state index is 4.55. The average Bonchev–Trinajstić information content (AvgIpc) is 2.51. The molecule has 0 atom stereocenters. The quantitative estimate of drug-likeness (QED) is 0.885. The van der Waals surface area contributed by atoms with Crippen molar-refractivity contribution in [2.24, 2.45) is 0 Å². The molecule has 0 amide bonds. The van der Waals surface area contributed by atoms with Crippen molar-refractivity contribution in [3.63, 3.8) is 0 Å². The maximum Gasteiger partial charge on any atom is 0.0707 e. The van der Waals surface area contributed by atoms with Crippen LogP contribution in [-0.2, 0) is 0 Å². The van der Waals surface area contributed by atoms with Crippen LogP contribution in [-0.4, -0.2) is 18.1 Å². The van der Waals surface area contributed by atoms with Crippen molar-refractivity contribution < 1.29 is 0 Å². The number of hydrogen-bond acceptors (Lipinski definition) is 2. The lowest BCUT2D eigenvalue weighted by atomic mass is 9.91. The van der Waals surface area contributed by atoms with Crippen molar-refractivity contribution in [2.45, 2.75) is 12.8 Å². The zero-order chi connectivity index (χ0) is 12.9. The molecule has 2 nitrogen and oxygen atoms in total. The molecule has 0 saturated carbocycles. The number of nitrogens with zero attached hydrogens (tertiary/aromatic N) is 1. The minimum atomic E-state index is 1.07. The highest BCUT2D eigenvalue weighted by Crippen LogP contribution is 2.29. The molecular formula is C17H18N2. The summed E-state index contributed by atoms with van der Waals surface area (Å²) < 4.78 is 0. The number of piperidine rings is 1. The summed E-state index contributed by atoms with van der Waals surface area (Å²) in [4.78, 5) is 4.55. The summed E-state index contributed by atoms with van der Waals surface area (Å²) in [5.41, 5.74) is 5.20. The molecule has 0 spiro atoms. The highest BCUT2D eigenvalue weighted by atomic mass is 14.9. The zero-order valence-corrected chi connectivity index (χ0v) is 11.0. The molecule has 2 aromatic rings. The summed E-state index contributed by atoms with van der Waals surface area (Å²) in [5.74, 6) is 0. The number of benzene rings is 1. The summed E-state index contributed by atoms with van der Waals surface area (Å²) in [6.45, 7) is 2.14. The van der Waals surface area contributed by atoms with Crippen LogP contribution in [0, 0.1) is 0 Å². The van der Waals surface area contributed by atoms with Gasteiger partial charge in [0.1, 0.15) is 0 Å². The second kappa shape index (κ2) is 5.81. The molecule has 0 radical (unpaired) electrons. The fourth-order valence-electron chi connectivity index (χ4n) is 2.63. The molecule has 1 fully saturated rings. The average molecular weight is 250 g/mol. The van der Waals surface area contributed by atoms with Gasteiger partial charge in [-0.25, -0.2) is 0 Å². The van der Waals surface area contributed by atoms with Crippen LogP contribution in [0.5, 0.6) is 0 Å². The Morgan fingerprint density at radius 2 is 1.63 bits per heavy atom. The second-order valence-corrected chi connectivity index (χ2v) is 4.81. The van der Waals surface area contributed by atoms with E-state index < -0.39 is 0 Å². The van der Waals surface area contributed by atoms with Gasteiger partial charge in [0.05, 0.1) is 5.69 Å². The monoisotopic (exact) mass is 250 g/mol. The van der Waals surface area contributed by atoms with Crippen LogP contribution in [0.2, 0.25) is 0 Å². The van der Waals surface area contributed by atoms with E-state index in [1.54, 1.807) is 0 Å². The third-order valence-corrected chi connectivity index (χ3v) is 3.54. The van der Waals surface area contributed by atoms with Crippen LogP contribution in [0.25, 0.3) is 5.57 Å². The van der Waals surface area contributed by atoms with E-state index in [1.165, 1.54) is 16.7 Å². The van der Waals surface area contributed by atoms with Gasteiger partial charge in [-0.05, 0) is 43.6 Å². The first-order valence-electron chi connectivity index (χ1n) is 6.85. The van der Waals surface area contributed by atoms with E-state index in [9.17, 15) is 0 Å². The van der Waals surface area contributed by atoms with Crippen LogP contribution >= 0.6 is 0 Å². The molecule has 1 aromatic carbocycles. The van der Waals surface area contributed by atoms with E-state index in [1.807, 2.05) is 12.3 Å². The Kier molecular flexibility index (Phi) is 3.70. The standard InChI is InChI=1S/C17H18N2/c1-2-6-14(7-3-1)17(15-9-12-18-13-10-15)16-8-4-5-11-19-16/h1-8,11,18H,9-10,12-13H2. The number of pyridine rings is 1. The highest BCUT2D eigenvalue weighted by molar-refractivity contribution is 5.80. The van der Waals surface area contributed by atoms with Gasteiger partial charge in [0, 0.05) is 11.8 Å². The predicted octanol–water partition coefficient (Wildman–Crippen LogP) is 3.27. The van der Waals surface area contributed by atoms with Crippen LogP contribution in [0.3, 0.4) is 0 Å². The lowest BCUT2D eigenvalue weighted by Crippen LogP contribution is -2.24. The van der Waals surface area contributed by atoms with Gasteiger partial charge in [-0.2, -0.15) is 0 Å². The maximum atomic E-state index is 4.55. The van der Waals surface area contributed by atoms with Gasteiger partial charge >= 0.3 is 0 Å². The van der Waals surface area contributed by atoms with Crippen molar-refractivity contribution in [2.75, 3.05) is 13.1 Å². The smallest absolute Gasteiger partial charge is 0.0707 e. The van der Waals surface area contributed by atoms with E-state index in [4.69, 9.17) is 0 Å². The van der Waals surface area contributed by atoms with Gasteiger partial charge in [-0.3, -0.25) is 4.98 Å². The van der Waals surface area contributed by atoms with Crippen molar-refractivity contribution in [3.05, 3.63) is 71.6 Å². The summed E-state index contributed by atoms with van der Waals surface area (Å²) in [7, 11) is 0. The molecule has 1 aliphatic heterocycles. The van der Waals surface area contributed by atoms with E-state index in [-0.39, 0.29) is 0 Å². The molecule has 0 unspecified atom stereocenters. The Morgan fingerprint density at radius 1 is 0.895 bits per heavy atom. The molecule has 0 bridgehead atoms. The van der Waals surface area contributed by atoms with E-state index in [2.05, 4.69) is 52.8 Å². The number of rotatable bonds is 2. The van der Waals surface area contributed by atoms with Crippen LogP contribution in [0.4, 0.5) is 0 Å². The van der Waals surface area contributed by atoms with Gasteiger partial charge in [-0.15, -0.1) is 0 Å². The van der Waals surface area contributed by atoms with E-state index in [0.717, 1.165) is 31.6 Å². The fraction of sp³-hybridized carbons (Fsp3) is 0.235. The van der Waals surface area contributed by atoms with Crippen LogP contribution in [0.1, 0.15) is 24.1 Å². The van der Waals surface area contributed by atoms with Gasteiger partial charge in [-0.1, -0.05) is 42.0 Å². The lowest BCUT2D eigenvalue weighted by molar-refractivity contribution is 0.611. The van der Waals surface area contributed by atoms with Crippen molar-refractivity contribution >= 4 is 5.57 Å². The Labute approximate surface area is 114 Å². The third-order valence-electron chi connectivity index (χ3n) is 3.54. The first kappa shape index (κ1) is 12.1. The minimum absolute atomic E-state index is 1.07. The highest BCUT2D eigenvalue weighted by Gasteiger charge is 2.14. The van der Waals surface area contributed by atoms with Gasteiger partial charge in [0.2, 0.25) is 0 Å². The number of hydrogen-bond donors (Lipinski definition) is 1. The fourth-order valence-corrected chi connectivity index (χ4v) is 2.63. The predicted molar refractivity (Wildman–Crippen MR) is 78.8 cm³/mol. The molecule has 2 heteroatoms. The first-order chi connectivity index (χ1) is 9.45. The van der Waals surface area contributed by atoms with Gasteiger partial charge < -0.3 is 5.32 Å². The van der Waals surface area contributed by atoms with Crippen molar-refractivity contribution in [3.8, 4) is 0 Å². The van der Waals surface area contributed by atoms with Crippen molar-refractivity contribution in [1.29, 1.82) is 0 Å². The lowest BCUT2D eigenvalue weighted by Gasteiger charge is -2.20. The molecule has 3 rings (SSSR count). The second-order valence-electron chi connectivity index (χ2n) is 4.81. The van der Waals surface area contributed by atoms with Crippen LogP contribution in [0.15, 0.2) is 60.3 Å². The molecule has 1 aromatic heterocycles. The normalized spacial score (nSPS) is 15.3. The number of nitrogens with one attached hydrogen (secondary N) is 1. The SMILES string of the molecule is c1ccc(C(=C2CCNCC2)c2ccccn2)cc1.